The van der Waals surface area contributed by atoms with Crippen LogP contribution in [0.1, 0.15) is 11.1 Å². The molecule has 0 aliphatic rings. The monoisotopic (exact) mass is 208 g/mol. The van der Waals surface area contributed by atoms with Gasteiger partial charge in [-0.15, -0.1) is 0 Å². The summed E-state index contributed by atoms with van der Waals surface area (Å²) in [5.74, 6) is 0. The fraction of sp³-hybridized carbons (Fsp3) is 0.500. The maximum Gasteiger partial charge on any atom is 0.0587 e. The van der Waals surface area contributed by atoms with E-state index in [1.54, 1.807) is 7.11 Å². The molecule has 0 aliphatic heterocycles. The van der Waals surface area contributed by atoms with Gasteiger partial charge in [0.05, 0.1) is 6.61 Å². The van der Waals surface area contributed by atoms with Crippen LogP contribution < -0.4 is 11.1 Å². The Hall–Kier alpha value is -0.900. The second kappa shape index (κ2) is 7.40. The van der Waals surface area contributed by atoms with Gasteiger partial charge in [0.1, 0.15) is 0 Å². The third-order valence-corrected chi connectivity index (χ3v) is 2.24. The van der Waals surface area contributed by atoms with Gasteiger partial charge in [-0.05, 0) is 24.1 Å². The van der Waals surface area contributed by atoms with Crippen molar-refractivity contribution in [2.75, 3.05) is 26.8 Å². The summed E-state index contributed by atoms with van der Waals surface area (Å²) >= 11 is 0. The molecule has 1 aromatic rings. The lowest BCUT2D eigenvalue weighted by atomic mass is 10.1. The third-order valence-electron chi connectivity index (χ3n) is 2.24. The summed E-state index contributed by atoms with van der Waals surface area (Å²) in [5.41, 5.74) is 8.13. The molecule has 1 aromatic carbocycles. The molecule has 0 radical (unpaired) electrons. The number of ether oxygens (including phenoxy) is 1. The molecule has 0 aromatic heterocycles. The number of nitrogens with two attached hydrogens (primary N) is 1. The van der Waals surface area contributed by atoms with Gasteiger partial charge in [-0.3, -0.25) is 0 Å². The molecule has 0 spiro atoms. The first-order chi connectivity index (χ1) is 7.36. The summed E-state index contributed by atoms with van der Waals surface area (Å²) in [7, 11) is 1.71. The fourth-order valence-electron chi connectivity index (χ4n) is 1.47. The number of hydrogen-bond acceptors (Lipinski definition) is 3. The van der Waals surface area contributed by atoms with Crippen LogP contribution in [0.4, 0.5) is 0 Å². The Balaban J connectivity index is 2.36. The van der Waals surface area contributed by atoms with Gasteiger partial charge in [0.15, 0.2) is 0 Å². The van der Waals surface area contributed by atoms with E-state index in [1.807, 2.05) is 0 Å². The predicted molar refractivity (Wildman–Crippen MR) is 62.8 cm³/mol. The van der Waals surface area contributed by atoms with Crippen molar-refractivity contribution in [2.45, 2.75) is 13.0 Å². The van der Waals surface area contributed by atoms with Gasteiger partial charge in [-0.1, -0.05) is 24.3 Å². The van der Waals surface area contributed by atoms with Gasteiger partial charge < -0.3 is 15.8 Å². The summed E-state index contributed by atoms with van der Waals surface area (Å²) in [6, 6.07) is 8.52. The standard InChI is InChI=1S/C12H20N2O/c1-15-8-7-14-10-12-4-2-3-11(9-12)5-6-13/h2-4,9,14H,5-8,10,13H2,1H3. The van der Waals surface area contributed by atoms with Gasteiger partial charge >= 0.3 is 0 Å². The van der Waals surface area contributed by atoms with Gasteiger partial charge in [0, 0.05) is 20.2 Å². The van der Waals surface area contributed by atoms with Gasteiger partial charge in [0.25, 0.3) is 0 Å². The van der Waals surface area contributed by atoms with Crippen LogP contribution in [-0.2, 0) is 17.7 Å². The van der Waals surface area contributed by atoms with Crippen molar-refractivity contribution < 1.29 is 4.74 Å². The quantitative estimate of drug-likeness (QED) is 0.655. The zero-order chi connectivity index (χ0) is 10.9. The Labute approximate surface area is 91.6 Å². The van der Waals surface area contributed by atoms with E-state index in [-0.39, 0.29) is 0 Å². The minimum Gasteiger partial charge on any atom is -0.383 e. The second-order valence-corrected chi connectivity index (χ2v) is 3.53. The molecule has 0 atom stereocenters. The summed E-state index contributed by atoms with van der Waals surface area (Å²) < 4.78 is 4.96. The van der Waals surface area contributed by atoms with E-state index >= 15 is 0 Å². The number of benzene rings is 1. The maximum absolute atomic E-state index is 5.52. The molecule has 3 N–H and O–H groups in total. The van der Waals surface area contributed by atoms with Gasteiger partial charge in [-0.25, -0.2) is 0 Å². The largest absolute Gasteiger partial charge is 0.383 e. The van der Waals surface area contributed by atoms with Crippen molar-refractivity contribution in [3.05, 3.63) is 35.4 Å². The van der Waals surface area contributed by atoms with Crippen molar-refractivity contribution in [2.24, 2.45) is 5.73 Å². The average Bonchev–Trinajstić information content (AvgIpc) is 2.26. The molecular weight excluding hydrogens is 188 g/mol. The number of hydrogen-bond donors (Lipinski definition) is 2. The smallest absolute Gasteiger partial charge is 0.0587 e. The van der Waals surface area contributed by atoms with E-state index in [0.717, 1.165) is 26.1 Å². The second-order valence-electron chi connectivity index (χ2n) is 3.53. The molecule has 84 valence electrons. The molecule has 0 bridgehead atoms. The molecule has 0 saturated carbocycles. The van der Waals surface area contributed by atoms with Crippen LogP contribution in [0.2, 0.25) is 0 Å². The molecule has 15 heavy (non-hydrogen) atoms. The lowest BCUT2D eigenvalue weighted by Gasteiger charge is -2.06. The Bertz CT molecular complexity index is 276. The fourth-order valence-corrected chi connectivity index (χ4v) is 1.47. The lowest BCUT2D eigenvalue weighted by Crippen LogP contribution is -2.18. The first-order valence-corrected chi connectivity index (χ1v) is 5.34. The van der Waals surface area contributed by atoms with Crippen molar-refractivity contribution in [3.63, 3.8) is 0 Å². The number of methoxy groups -OCH3 is 1. The molecule has 0 amide bonds. The zero-order valence-electron chi connectivity index (χ0n) is 9.33. The first-order valence-electron chi connectivity index (χ1n) is 5.34. The minimum absolute atomic E-state index is 0.709. The zero-order valence-corrected chi connectivity index (χ0v) is 9.33. The highest BCUT2D eigenvalue weighted by Crippen LogP contribution is 2.05. The molecule has 0 saturated heterocycles. The lowest BCUT2D eigenvalue weighted by molar-refractivity contribution is 0.199. The molecule has 0 heterocycles. The van der Waals surface area contributed by atoms with E-state index < -0.39 is 0 Å². The molecule has 3 nitrogen and oxygen atoms in total. The van der Waals surface area contributed by atoms with E-state index in [2.05, 4.69) is 29.6 Å². The van der Waals surface area contributed by atoms with E-state index in [1.165, 1.54) is 11.1 Å². The Kier molecular flexibility index (Phi) is 6.00. The van der Waals surface area contributed by atoms with Crippen molar-refractivity contribution in [3.8, 4) is 0 Å². The summed E-state index contributed by atoms with van der Waals surface area (Å²) in [4.78, 5) is 0. The SMILES string of the molecule is COCCNCc1cccc(CCN)c1. The van der Waals surface area contributed by atoms with E-state index in [0.29, 0.717) is 6.54 Å². The maximum atomic E-state index is 5.52. The highest BCUT2D eigenvalue weighted by Gasteiger charge is 1.95. The van der Waals surface area contributed by atoms with E-state index in [4.69, 9.17) is 10.5 Å². The van der Waals surface area contributed by atoms with Crippen molar-refractivity contribution in [1.82, 2.24) is 5.32 Å². The highest BCUT2D eigenvalue weighted by molar-refractivity contribution is 5.23. The first kappa shape index (κ1) is 12.2. The van der Waals surface area contributed by atoms with Crippen LogP contribution >= 0.6 is 0 Å². The predicted octanol–water partition coefficient (Wildman–Crippen LogP) is 0.924. The van der Waals surface area contributed by atoms with E-state index in [9.17, 15) is 0 Å². The summed E-state index contributed by atoms with van der Waals surface area (Å²) in [6.07, 6.45) is 0.950. The van der Waals surface area contributed by atoms with Gasteiger partial charge in [0.2, 0.25) is 0 Å². The molecule has 3 heteroatoms. The molecule has 0 fully saturated rings. The van der Waals surface area contributed by atoms with Crippen LogP contribution in [0.25, 0.3) is 0 Å². The van der Waals surface area contributed by atoms with Crippen LogP contribution in [0.15, 0.2) is 24.3 Å². The normalized spacial score (nSPS) is 10.5. The van der Waals surface area contributed by atoms with Crippen LogP contribution in [0.5, 0.6) is 0 Å². The Morgan fingerprint density at radius 1 is 1.33 bits per heavy atom. The highest BCUT2D eigenvalue weighted by atomic mass is 16.5. The van der Waals surface area contributed by atoms with Crippen molar-refractivity contribution >= 4 is 0 Å². The number of nitrogens with one attached hydrogen (secondary N) is 1. The summed E-state index contributed by atoms with van der Waals surface area (Å²) in [6.45, 7) is 3.24. The van der Waals surface area contributed by atoms with Crippen LogP contribution in [0.3, 0.4) is 0 Å². The molecule has 0 aliphatic carbocycles. The third kappa shape index (κ3) is 4.93. The Morgan fingerprint density at radius 2 is 2.13 bits per heavy atom. The molecule has 1 rings (SSSR count). The minimum atomic E-state index is 0.709. The average molecular weight is 208 g/mol. The summed E-state index contributed by atoms with van der Waals surface area (Å²) in [5, 5.41) is 3.32. The van der Waals surface area contributed by atoms with Crippen molar-refractivity contribution in [1.29, 1.82) is 0 Å². The molecular formula is C12H20N2O. The Morgan fingerprint density at radius 3 is 2.87 bits per heavy atom. The van der Waals surface area contributed by atoms with Crippen LogP contribution in [0, 0.1) is 0 Å². The van der Waals surface area contributed by atoms with Gasteiger partial charge in [-0.2, -0.15) is 0 Å². The molecule has 0 unspecified atom stereocenters. The number of rotatable bonds is 7. The topological polar surface area (TPSA) is 47.3 Å². The van der Waals surface area contributed by atoms with Crippen LogP contribution in [-0.4, -0.2) is 26.8 Å².